The normalized spacial score (nSPS) is 11.4. The van der Waals surface area contributed by atoms with Crippen LogP contribution < -0.4 is 4.74 Å². The summed E-state index contributed by atoms with van der Waals surface area (Å²) in [5.74, 6) is -0.268. The summed E-state index contributed by atoms with van der Waals surface area (Å²) in [7, 11) is 0. The minimum atomic E-state index is -4.71. The molecule has 0 spiro atoms. The number of alkyl halides is 4. The lowest BCUT2D eigenvalue weighted by atomic mass is 10.0. The molecule has 0 heterocycles. The third kappa shape index (κ3) is 3.67. The van der Waals surface area contributed by atoms with Crippen molar-refractivity contribution < 1.29 is 17.9 Å². The van der Waals surface area contributed by atoms with Gasteiger partial charge in [-0.1, -0.05) is 51.8 Å². The summed E-state index contributed by atoms with van der Waals surface area (Å²) >= 11 is 9.48. The molecule has 0 radical (unpaired) electrons. The molecule has 2 rings (SSSR count). The van der Waals surface area contributed by atoms with Gasteiger partial charge in [-0.3, -0.25) is 0 Å². The van der Waals surface area contributed by atoms with Gasteiger partial charge >= 0.3 is 6.36 Å². The molecule has 0 bridgehead atoms. The Kier molecular flexibility index (Phi) is 4.60. The molecule has 0 atom stereocenters. The lowest BCUT2D eigenvalue weighted by molar-refractivity contribution is -0.274. The Morgan fingerprint density at radius 3 is 2.45 bits per heavy atom. The number of benzene rings is 2. The molecule has 0 aliphatic rings. The van der Waals surface area contributed by atoms with E-state index in [0.29, 0.717) is 21.5 Å². The molecule has 0 aliphatic heterocycles. The van der Waals surface area contributed by atoms with Crippen LogP contribution >= 0.6 is 27.5 Å². The van der Waals surface area contributed by atoms with Crippen molar-refractivity contribution in [2.75, 3.05) is 0 Å². The fraction of sp³-hybridized carbons (Fsp3) is 0.143. The van der Waals surface area contributed by atoms with E-state index in [2.05, 4.69) is 20.7 Å². The zero-order valence-electron chi connectivity index (χ0n) is 10.0. The molecule has 0 aliphatic carbocycles. The summed E-state index contributed by atoms with van der Waals surface area (Å²) in [5.41, 5.74) is 2.16. The van der Waals surface area contributed by atoms with E-state index in [-0.39, 0.29) is 5.75 Å². The zero-order valence-corrected chi connectivity index (χ0v) is 12.4. The van der Waals surface area contributed by atoms with Crippen molar-refractivity contribution in [1.82, 2.24) is 0 Å². The van der Waals surface area contributed by atoms with Gasteiger partial charge in [-0.25, -0.2) is 0 Å². The second-order valence-electron chi connectivity index (χ2n) is 3.98. The molecule has 2 aromatic rings. The second-order valence-corrected chi connectivity index (χ2v) is 4.95. The highest BCUT2D eigenvalue weighted by Gasteiger charge is 2.31. The molecule has 0 unspecified atom stereocenters. The van der Waals surface area contributed by atoms with E-state index >= 15 is 0 Å². The van der Waals surface area contributed by atoms with Crippen LogP contribution in [0.25, 0.3) is 11.1 Å². The Hall–Kier alpha value is -1.20. The van der Waals surface area contributed by atoms with Crippen molar-refractivity contribution in [2.24, 2.45) is 0 Å². The molecular formula is C14H9BrClF3O. The van der Waals surface area contributed by atoms with Crippen molar-refractivity contribution in [3.05, 3.63) is 53.1 Å². The van der Waals surface area contributed by atoms with E-state index in [1.54, 1.807) is 18.2 Å². The van der Waals surface area contributed by atoms with Gasteiger partial charge in [0.15, 0.2) is 0 Å². The van der Waals surface area contributed by atoms with Crippen LogP contribution in [0.5, 0.6) is 5.75 Å². The van der Waals surface area contributed by atoms with E-state index in [4.69, 9.17) is 11.6 Å². The number of ether oxygens (including phenoxy) is 1. The maximum absolute atomic E-state index is 12.2. The topological polar surface area (TPSA) is 9.23 Å². The maximum Gasteiger partial charge on any atom is 0.573 e. The van der Waals surface area contributed by atoms with Crippen LogP contribution in [0.4, 0.5) is 13.2 Å². The monoisotopic (exact) mass is 364 g/mol. The van der Waals surface area contributed by atoms with Gasteiger partial charge in [-0.05, 0) is 29.3 Å². The van der Waals surface area contributed by atoms with Crippen LogP contribution in [0.1, 0.15) is 5.56 Å². The Bertz CT molecular complexity index is 614. The van der Waals surface area contributed by atoms with Crippen LogP contribution in [0.15, 0.2) is 42.5 Å². The van der Waals surface area contributed by atoms with E-state index < -0.39 is 6.36 Å². The standard InChI is InChI=1S/C14H9BrClF3O/c15-8-10-4-2-6-12(16)13(10)9-3-1-5-11(7-9)20-14(17,18)19/h1-7H,8H2. The summed E-state index contributed by atoms with van der Waals surface area (Å²) < 4.78 is 40.7. The van der Waals surface area contributed by atoms with Gasteiger partial charge in [0.1, 0.15) is 5.75 Å². The zero-order chi connectivity index (χ0) is 14.8. The fourth-order valence-corrected chi connectivity index (χ4v) is 2.62. The summed E-state index contributed by atoms with van der Waals surface area (Å²) in [6.45, 7) is 0. The fourth-order valence-electron chi connectivity index (χ4n) is 1.85. The number of halogens is 5. The van der Waals surface area contributed by atoms with Gasteiger partial charge in [0.2, 0.25) is 0 Å². The molecule has 20 heavy (non-hydrogen) atoms. The minimum Gasteiger partial charge on any atom is -0.406 e. The van der Waals surface area contributed by atoms with E-state index in [0.717, 1.165) is 5.56 Å². The highest BCUT2D eigenvalue weighted by molar-refractivity contribution is 9.08. The van der Waals surface area contributed by atoms with Gasteiger partial charge in [-0.2, -0.15) is 0 Å². The van der Waals surface area contributed by atoms with Gasteiger partial charge in [0.25, 0.3) is 0 Å². The molecule has 0 saturated carbocycles. The molecule has 2 aromatic carbocycles. The molecular weight excluding hydrogens is 357 g/mol. The molecule has 0 saturated heterocycles. The molecule has 0 N–H and O–H groups in total. The Morgan fingerprint density at radius 2 is 1.80 bits per heavy atom. The summed E-state index contributed by atoms with van der Waals surface area (Å²) in [6, 6.07) is 11.1. The average molecular weight is 366 g/mol. The molecule has 0 fully saturated rings. The van der Waals surface area contributed by atoms with Crippen molar-refractivity contribution in [1.29, 1.82) is 0 Å². The predicted molar refractivity (Wildman–Crippen MR) is 76.2 cm³/mol. The van der Waals surface area contributed by atoms with Gasteiger partial charge in [-0.15, -0.1) is 13.2 Å². The molecule has 1 nitrogen and oxygen atoms in total. The predicted octanol–water partition coefficient (Wildman–Crippen LogP) is 5.80. The Morgan fingerprint density at radius 1 is 1.10 bits per heavy atom. The summed E-state index contributed by atoms with van der Waals surface area (Å²) in [6.07, 6.45) is -4.71. The van der Waals surface area contributed by atoms with Gasteiger partial charge in [0, 0.05) is 15.9 Å². The maximum atomic E-state index is 12.2. The van der Waals surface area contributed by atoms with Crippen molar-refractivity contribution in [3.63, 3.8) is 0 Å². The van der Waals surface area contributed by atoms with Crippen LogP contribution in [-0.4, -0.2) is 6.36 Å². The third-order valence-corrected chi connectivity index (χ3v) is 3.52. The van der Waals surface area contributed by atoms with Crippen molar-refractivity contribution in [2.45, 2.75) is 11.7 Å². The highest BCUT2D eigenvalue weighted by Crippen LogP contribution is 2.35. The van der Waals surface area contributed by atoms with E-state index in [1.807, 2.05) is 6.07 Å². The first-order chi connectivity index (χ1) is 9.40. The van der Waals surface area contributed by atoms with Crippen LogP contribution in [0.2, 0.25) is 5.02 Å². The lowest BCUT2D eigenvalue weighted by Crippen LogP contribution is -2.17. The first kappa shape index (κ1) is 15.2. The number of hydrogen-bond donors (Lipinski definition) is 0. The molecule has 0 amide bonds. The van der Waals surface area contributed by atoms with E-state index in [9.17, 15) is 13.2 Å². The van der Waals surface area contributed by atoms with Crippen LogP contribution in [0, 0.1) is 0 Å². The van der Waals surface area contributed by atoms with Crippen LogP contribution in [0.3, 0.4) is 0 Å². The van der Waals surface area contributed by atoms with Crippen molar-refractivity contribution in [3.8, 4) is 16.9 Å². The van der Waals surface area contributed by atoms with Gasteiger partial charge < -0.3 is 4.74 Å². The van der Waals surface area contributed by atoms with Crippen molar-refractivity contribution >= 4 is 27.5 Å². The summed E-state index contributed by atoms with van der Waals surface area (Å²) in [4.78, 5) is 0. The Balaban J connectivity index is 2.46. The smallest absolute Gasteiger partial charge is 0.406 e. The Labute approximate surface area is 127 Å². The first-order valence-electron chi connectivity index (χ1n) is 5.60. The molecule has 6 heteroatoms. The lowest BCUT2D eigenvalue weighted by Gasteiger charge is -2.13. The minimum absolute atomic E-state index is 0.268. The number of rotatable bonds is 3. The largest absolute Gasteiger partial charge is 0.573 e. The quantitative estimate of drug-likeness (QED) is 0.625. The molecule has 106 valence electrons. The van der Waals surface area contributed by atoms with Gasteiger partial charge in [0.05, 0.1) is 0 Å². The highest BCUT2D eigenvalue weighted by atomic mass is 79.9. The van der Waals surface area contributed by atoms with Crippen LogP contribution in [-0.2, 0) is 5.33 Å². The summed E-state index contributed by atoms with van der Waals surface area (Å²) in [5, 5.41) is 1.03. The second kappa shape index (κ2) is 6.06. The third-order valence-electron chi connectivity index (χ3n) is 2.60. The first-order valence-corrected chi connectivity index (χ1v) is 7.10. The SMILES string of the molecule is FC(F)(F)Oc1cccc(-c2c(Cl)cccc2CBr)c1. The molecule has 0 aromatic heterocycles. The van der Waals surface area contributed by atoms with E-state index in [1.165, 1.54) is 18.2 Å². The average Bonchev–Trinajstić information content (AvgIpc) is 2.36. The number of hydrogen-bond acceptors (Lipinski definition) is 1.